The van der Waals surface area contributed by atoms with Crippen molar-refractivity contribution in [2.75, 3.05) is 0 Å². The second-order valence-corrected chi connectivity index (χ2v) is 5.34. The first-order valence-corrected chi connectivity index (χ1v) is 5.65. The summed E-state index contributed by atoms with van der Waals surface area (Å²) in [6, 6.07) is 1.69. The van der Waals surface area contributed by atoms with Crippen molar-refractivity contribution in [1.29, 1.82) is 0 Å². The third-order valence-electron chi connectivity index (χ3n) is 2.38. The number of rotatable bonds is 0. The Bertz CT molecular complexity index is 471. The topological polar surface area (TPSA) is 34.1 Å². The lowest BCUT2D eigenvalue weighted by molar-refractivity contribution is 0.0976. The van der Waals surface area contributed by atoms with E-state index in [2.05, 4.69) is 0 Å². The van der Waals surface area contributed by atoms with Crippen molar-refractivity contribution in [2.45, 2.75) is 23.5 Å². The van der Waals surface area contributed by atoms with E-state index in [1.54, 1.807) is 6.92 Å². The van der Waals surface area contributed by atoms with Crippen LogP contribution >= 0.6 is 0 Å². The molecule has 80 valence electrons. The van der Waals surface area contributed by atoms with Gasteiger partial charge in [-0.1, -0.05) is 6.92 Å². The van der Waals surface area contributed by atoms with E-state index in [0.29, 0.717) is 0 Å². The molecule has 1 aliphatic heterocycles. The van der Waals surface area contributed by atoms with E-state index < -0.39 is 22.4 Å². The van der Waals surface area contributed by atoms with Gasteiger partial charge in [-0.05, 0) is 12.1 Å². The molecule has 0 fully saturated rings. The Morgan fingerprint density at radius 3 is 2.60 bits per heavy atom. The molecule has 0 saturated carbocycles. The third-order valence-corrected chi connectivity index (χ3v) is 4.05. The predicted molar refractivity (Wildman–Crippen MR) is 51.2 cm³/mol. The minimum absolute atomic E-state index is 0.0466. The van der Waals surface area contributed by atoms with Gasteiger partial charge in [-0.15, -0.1) is 0 Å². The Kier molecular flexibility index (Phi) is 2.42. The molecule has 0 radical (unpaired) electrons. The number of halogens is 2. The molecule has 0 aliphatic carbocycles. The van der Waals surface area contributed by atoms with E-state index in [1.807, 2.05) is 0 Å². The largest absolute Gasteiger partial charge is 0.294 e. The summed E-state index contributed by atoms with van der Waals surface area (Å²) in [5.41, 5.74) is 0.0466. The molecule has 0 aromatic heterocycles. The number of hydrogen-bond donors (Lipinski definition) is 0. The molecule has 2 atom stereocenters. The molecule has 2 unspecified atom stereocenters. The van der Waals surface area contributed by atoms with Gasteiger partial charge in [0.1, 0.15) is 0 Å². The second-order valence-electron chi connectivity index (χ2n) is 3.50. The molecule has 1 aliphatic rings. The van der Waals surface area contributed by atoms with Gasteiger partial charge in [0.25, 0.3) is 0 Å². The molecule has 0 spiro atoms. The van der Waals surface area contributed by atoms with Gasteiger partial charge < -0.3 is 0 Å². The van der Waals surface area contributed by atoms with Gasteiger partial charge in [0, 0.05) is 17.2 Å². The first-order chi connectivity index (χ1) is 7.00. The third kappa shape index (κ3) is 1.61. The van der Waals surface area contributed by atoms with Gasteiger partial charge >= 0.3 is 0 Å². The van der Waals surface area contributed by atoms with E-state index in [1.165, 1.54) is 0 Å². The fraction of sp³-hybridized carbons (Fsp3) is 0.300. The van der Waals surface area contributed by atoms with Crippen molar-refractivity contribution in [3.05, 3.63) is 29.3 Å². The van der Waals surface area contributed by atoms with Gasteiger partial charge in [-0.3, -0.25) is 9.00 Å². The maximum atomic E-state index is 12.9. The van der Waals surface area contributed by atoms with Crippen molar-refractivity contribution in [2.24, 2.45) is 0 Å². The van der Waals surface area contributed by atoms with Crippen molar-refractivity contribution in [3.8, 4) is 0 Å². The van der Waals surface area contributed by atoms with Crippen LogP contribution in [0.25, 0.3) is 0 Å². The number of carbonyl (C=O) groups excluding carboxylic acids is 1. The summed E-state index contributed by atoms with van der Waals surface area (Å²) >= 11 is 0. The van der Waals surface area contributed by atoms with Crippen LogP contribution in [0.5, 0.6) is 0 Å². The number of hydrogen-bond acceptors (Lipinski definition) is 2. The van der Waals surface area contributed by atoms with Crippen LogP contribution in [0.1, 0.15) is 23.7 Å². The SMILES string of the molecule is CC1CC(=O)c2cc(F)c(F)cc2S1=O. The molecule has 0 bridgehead atoms. The smallest absolute Gasteiger partial charge is 0.165 e. The Morgan fingerprint density at radius 2 is 1.93 bits per heavy atom. The van der Waals surface area contributed by atoms with Crippen LogP contribution in [0.4, 0.5) is 8.78 Å². The van der Waals surface area contributed by atoms with Gasteiger partial charge in [0.15, 0.2) is 17.4 Å². The van der Waals surface area contributed by atoms with Crippen molar-refractivity contribution < 1.29 is 17.8 Å². The standard InChI is InChI=1S/C10H8F2O2S/c1-5-2-9(13)6-3-7(11)8(12)4-10(6)15(5)14/h3-5H,2H2,1H3. The summed E-state index contributed by atoms with van der Waals surface area (Å²) in [6.07, 6.45) is 0.116. The Hall–Kier alpha value is -1.10. The van der Waals surface area contributed by atoms with E-state index in [0.717, 1.165) is 12.1 Å². The highest BCUT2D eigenvalue weighted by atomic mass is 32.2. The number of Topliss-reactive ketones (excluding diaryl/α,β-unsaturated/α-hetero) is 1. The van der Waals surface area contributed by atoms with E-state index in [4.69, 9.17) is 0 Å². The molecule has 0 N–H and O–H groups in total. The van der Waals surface area contributed by atoms with Crippen LogP contribution in [-0.4, -0.2) is 15.2 Å². The van der Waals surface area contributed by atoms with Crippen molar-refractivity contribution in [1.82, 2.24) is 0 Å². The molecule has 1 aromatic carbocycles. The molecule has 2 nitrogen and oxygen atoms in total. The summed E-state index contributed by atoms with van der Waals surface area (Å²) in [6.45, 7) is 1.65. The predicted octanol–water partition coefficient (Wildman–Crippen LogP) is 2.05. The molecule has 5 heteroatoms. The molecule has 15 heavy (non-hydrogen) atoms. The molecule has 1 aromatic rings. The lowest BCUT2D eigenvalue weighted by Gasteiger charge is -2.19. The molecular weight excluding hydrogens is 222 g/mol. The minimum atomic E-state index is -1.43. The molecule has 2 rings (SSSR count). The fourth-order valence-electron chi connectivity index (χ4n) is 1.58. The highest BCUT2D eigenvalue weighted by molar-refractivity contribution is 7.86. The van der Waals surface area contributed by atoms with Crippen molar-refractivity contribution in [3.63, 3.8) is 0 Å². The average Bonchev–Trinajstić information content (AvgIpc) is 2.18. The summed E-state index contributed by atoms with van der Waals surface area (Å²) < 4.78 is 37.5. The zero-order valence-electron chi connectivity index (χ0n) is 7.92. The van der Waals surface area contributed by atoms with Crippen LogP contribution in [0.2, 0.25) is 0 Å². The first kappa shape index (κ1) is 10.4. The first-order valence-electron chi connectivity index (χ1n) is 4.43. The molecule has 0 amide bonds. The van der Waals surface area contributed by atoms with Crippen LogP contribution in [0.15, 0.2) is 17.0 Å². The number of fused-ring (bicyclic) bond motifs is 1. The molecule has 1 heterocycles. The Labute approximate surface area is 87.8 Å². The number of ketones is 1. The second kappa shape index (κ2) is 3.48. The van der Waals surface area contributed by atoms with Crippen LogP contribution in [0.3, 0.4) is 0 Å². The van der Waals surface area contributed by atoms with Crippen LogP contribution in [0, 0.1) is 11.6 Å². The quantitative estimate of drug-likeness (QED) is 0.683. The van der Waals surface area contributed by atoms with Gasteiger partial charge in [-0.2, -0.15) is 0 Å². The molecule has 0 saturated heterocycles. The lowest BCUT2D eigenvalue weighted by atomic mass is 10.1. The van der Waals surface area contributed by atoms with Gasteiger partial charge in [0.05, 0.1) is 15.7 Å². The highest BCUT2D eigenvalue weighted by Crippen LogP contribution is 2.28. The Balaban J connectivity index is 2.67. The zero-order chi connectivity index (χ0) is 11.2. The normalized spacial score (nSPS) is 25.1. The maximum absolute atomic E-state index is 12.9. The van der Waals surface area contributed by atoms with E-state index in [-0.39, 0.29) is 27.9 Å². The Morgan fingerprint density at radius 1 is 1.33 bits per heavy atom. The number of carbonyl (C=O) groups is 1. The van der Waals surface area contributed by atoms with Gasteiger partial charge in [-0.25, -0.2) is 8.78 Å². The average molecular weight is 230 g/mol. The van der Waals surface area contributed by atoms with E-state index >= 15 is 0 Å². The van der Waals surface area contributed by atoms with Crippen LogP contribution in [-0.2, 0) is 10.8 Å². The maximum Gasteiger partial charge on any atom is 0.165 e. The fourth-order valence-corrected chi connectivity index (χ4v) is 2.92. The monoisotopic (exact) mass is 230 g/mol. The van der Waals surface area contributed by atoms with Gasteiger partial charge in [0.2, 0.25) is 0 Å². The zero-order valence-corrected chi connectivity index (χ0v) is 8.74. The van der Waals surface area contributed by atoms with Crippen LogP contribution < -0.4 is 0 Å². The highest BCUT2D eigenvalue weighted by Gasteiger charge is 2.30. The minimum Gasteiger partial charge on any atom is -0.294 e. The van der Waals surface area contributed by atoms with E-state index in [9.17, 15) is 17.8 Å². The summed E-state index contributed by atoms with van der Waals surface area (Å²) in [7, 11) is -1.43. The summed E-state index contributed by atoms with van der Waals surface area (Å²) in [5, 5.41) is -0.338. The summed E-state index contributed by atoms with van der Waals surface area (Å²) in [5.74, 6) is -2.42. The number of benzene rings is 1. The molecular formula is C10H8F2O2S. The van der Waals surface area contributed by atoms with Crippen molar-refractivity contribution >= 4 is 16.6 Å². The summed E-state index contributed by atoms with van der Waals surface area (Å²) in [4.78, 5) is 11.6. The lowest BCUT2D eigenvalue weighted by Crippen LogP contribution is -2.24.